The van der Waals surface area contributed by atoms with Crippen molar-refractivity contribution in [1.29, 1.82) is 0 Å². The minimum absolute atomic E-state index is 0.279. The highest BCUT2D eigenvalue weighted by atomic mass is 16.5. The second kappa shape index (κ2) is 11.9. The zero-order chi connectivity index (χ0) is 21.9. The van der Waals surface area contributed by atoms with Crippen LogP contribution < -0.4 is 16.0 Å². The molecule has 2 amide bonds. The lowest BCUT2D eigenvalue weighted by atomic mass is 9.93. The van der Waals surface area contributed by atoms with Gasteiger partial charge in [-0.2, -0.15) is 0 Å². The van der Waals surface area contributed by atoms with Crippen LogP contribution in [-0.2, 0) is 20.9 Å². The molecular weight excluding hydrogens is 394 g/mol. The third kappa shape index (κ3) is 6.94. The van der Waals surface area contributed by atoms with Crippen LogP contribution in [0.2, 0.25) is 0 Å². The Hall–Kier alpha value is -3.16. The van der Waals surface area contributed by atoms with E-state index in [1.165, 1.54) is 13.2 Å². The minimum atomic E-state index is -0.441. The number of urea groups is 1. The molecule has 1 aliphatic rings. The van der Waals surface area contributed by atoms with Crippen LogP contribution in [0.15, 0.2) is 60.7 Å². The van der Waals surface area contributed by atoms with Crippen molar-refractivity contribution in [3.8, 4) is 0 Å². The van der Waals surface area contributed by atoms with Gasteiger partial charge in [-0.1, -0.05) is 48.5 Å². The third-order valence-corrected chi connectivity index (χ3v) is 5.05. The van der Waals surface area contributed by atoms with E-state index in [0.717, 1.165) is 36.1 Å². The Balaban J connectivity index is 1.49. The molecule has 1 atom stereocenters. The quantitative estimate of drug-likeness (QED) is 0.235. The van der Waals surface area contributed by atoms with Crippen LogP contribution in [0.4, 0.5) is 10.5 Å². The second-order valence-corrected chi connectivity index (χ2v) is 7.29. The van der Waals surface area contributed by atoms with Crippen LogP contribution in [0.3, 0.4) is 0 Å². The van der Waals surface area contributed by atoms with Crippen molar-refractivity contribution in [3.05, 3.63) is 71.8 Å². The van der Waals surface area contributed by atoms with Crippen LogP contribution in [0.5, 0.6) is 0 Å². The molecule has 0 aliphatic carbocycles. The Bertz CT molecular complexity index is 899. The first-order chi connectivity index (χ1) is 15.2. The summed E-state index contributed by atoms with van der Waals surface area (Å²) in [5.74, 6) is -0.441. The van der Waals surface area contributed by atoms with E-state index in [9.17, 15) is 9.59 Å². The van der Waals surface area contributed by atoms with Crippen molar-refractivity contribution in [2.24, 2.45) is 0 Å². The summed E-state index contributed by atoms with van der Waals surface area (Å²) in [4.78, 5) is 24.2. The van der Waals surface area contributed by atoms with Gasteiger partial charge in [-0.3, -0.25) is 5.32 Å². The fraction of sp³-hybridized carbons (Fsp3) is 0.333. The lowest BCUT2D eigenvalue weighted by molar-refractivity contribution is -0.134. The van der Waals surface area contributed by atoms with Gasteiger partial charge in [-0.05, 0) is 43.0 Å². The molecule has 7 nitrogen and oxygen atoms in total. The average Bonchev–Trinajstić information content (AvgIpc) is 2.92. The number of carbonyl (C=O) groups is 2. The van der Waals surface area contributed by atoms with E-state index in [1.807, 2.05) is 54.6 Å². The number of esters is 1. The standard InChI is InChI=1S/C24H29N3O4/c1-30-23(28)15-20-19-11-5-6-12-21(19)26-24(29)27-22(20)13-7-8-14-25-17-31-16-18-9-3-2-4-10-18/h2-6,9-12,15,22,25H,7-8,13-14,16-17H2,1H3,(H2,26,27,29)/b20-15+/t22-/m0/s1. The fourth-order valence-electron chi connectivity index (χ4n) is 3.50. The number of hydrogen-bond acceptors (Lipinski definition) is 5. The summed E-state index contributed by atoms with van der Waals surface area (Å²) in [7, 11) is 1.35. The number of benzene rings is 2. The molecule has 1 aliphatic heterocycles. The zero-order valence-corrected chi connectivity index (χ0v) is 17.7. The van der Waals surface area contributed by atoms with Gasteiger partial charge in [0.15, 0.2) is 0 Å². The summed E-state index contributed by atoms with van der Waals surface area (Å²) in [6, 6.07) is 16.9. The van der Waals surface area contributed by atoms with Crippen molar-refractivity contribution in [2.45, 2.75) is 31.9 Å². The fourth-order valence-corrected chi connectivity index (χ4v) is 3.50. The highest BCUT2D eigenvalue weighted by Gasteiger charge is 2.25. The maximum Gasteiger partial charge on any atom is 0.330 e. The molecule has 0 fully saturated rings. The molecule has 0 unspecified atom stereocenters. The van der Waals surface area contributed by atoms with Gasteiger partial charge in [-0.25, -0.2) is 9.59 Å². The molecule has 31 heavy (non-hydrogen) atoms. The Labute approximate surface area is 182 Å². The van der Waals surface area contributed by atoms with Gasteiger partial charge >= 0.3 is 12.0 Å². The second-order valence-electron chi connectivity index (χ2n) is 7.29. The van der Waals surface area contributed by atoms with Gasteiger partial charge in [0.05, 0.1) is 26.5 Å². The van der Waals surface area contributed by atoms with Crippen molar-refractivity contribution in [1.82, 2.24) is 10.6 Å². The van der Waals surface area contributed by atoms with Crippen LogP contribution in [0.1, 0.15) is 30.4 Å². The number of rotatable bonds is 10. The van der Waals surface area contributed by atoms with Crippen molar-refractivity contribution < 1.29 is 19.1 Å². The molecule has 0 radical (unpaired) electrons. The number of fused-ring (bicyclic) bond motifs is 1. The summed E-state index contributed by atoms with van der Waals surface area (Å²) in [6.07, 6.45) is 3.96. The normalized spacial score (nSPS) is 16.7. The first-order valence-corrected chi connectivity index (χ1v) is 10.5. The highest BCUT2D eigenvalue weighted by molar-refractivity contribution is 6.01. The molecule has 7 heteroatoms. The van der Waals surface area contributed by atoms with E-state index >= 15 is 0 Å². The third-order valence-electron chi connectivity index (χ3n) is 5.05. The number of ether oxygens (including phenoxy) is 2. The summed E-state index contributed by atoms with van der Waals surface area (Å²) in [5.41, 5.74) is 3.39. The van der Waals surface area contributed by atoms with E-state index in [2.05, 4.69) is 16.0 Å². The van der Waals surface area contributed by atoms with Crippen molar-refractivity contribution in [3.63, 3.8) is 0 Å². The van der Waals surface area contributed by atoms with E-state index in [0.29, 0.717) is 25.4 Å². The van der Waals surface area contributed by atoms with Crippen LogP contribution >= 0.6 is 0 Å². The Morgan fingerprint density at radius 2 is 1.87 bits per heavy atom. The molecule has 164 valence electrons. The lowest BCUT2D eigenvalue weighted by Gasteiger charge is -2.19. The Kier molecular flexibility index (Phi) is 8.63. The predicted octanol–water partition coefficient (Wildman–Crippen LogP) is 3.68. The number of unbranched alkanes of at least 4 members (excludes halogenated alkanes) is 1. The van der Waals surface area contributed by atoms with Crippen molar-refractivity contribution in [2.75, 3.05) is 25.7 Å². The number of anilines is 1. The van der Waals surface area contributed by atoms with Gasteiger partial charge in [0.1, 0.15) is 0 Å². The molecule has 3 N–H and O–H groups in total. The molecule has 0 saturated heterocycles. The SMILES string of the molecule is COC(=O)/C=C1\c2ccccc2NC(=O)N[C@H]1CCCCNCOCc1ccccc1. The lowest BCUT2D eigenvalue weighted by Crippen LogP contribution is -2.36. The van der Waals surface area contributed by atoms with E-state index in [4.69, 9.17) is 9.47 Å². The molecule has 0 spiro atoms. The zero-order valence-electron chi connectivity index (χ0n) is 17.7. The van der Waals surface area contributed by atoms with Gasteiger partial charge in [0, 0.05) is 17.3 Å². The van der Waals surface area contributed by atoms with Crippen LogP contribution in [0.25, 0.3) is 5.57 Å². The number of methoxy groups -OCH3 is 1. The van der Waals surface area contributed by atoms with Crippen LogP contribution in [0, 0.1) is 0 Å². The molecule has 2 aromatic rings. The van der Waals surface area contributed by atoms with Gasteiger partial charge in [-0.15, -0.1) is 0 Å². The highest BCUT2D eigenvalue weighted by Crippen LogP contribution is 2.30. The van der Waals surface area contributed by atoms with Gasteiger partial charge < -0.3 is 20.1 Å². The summed E-state index contributed by atoms with van der Waals surface area (Å²) in [5, 5.41) is 9.08. The molecule has 1 heterocycles. The first kappa shape index (κ1) is 22.5. The largest absolute Gasteiger partial charge is 0.466 e. The van der Waals surface area contributed by atoms with Gasteiger partial charge in [0.25, 0.3) is 0 Å². The summed E-state index contributed by atoms with van der Waals surface area (Å²) < 4.78 is 10.4. The number of amides is 2. The maximum atomic E-state index is 12.3. The Morgan fingerprint density at radius 1 is 1.10 bits per heavy atom. The number of hydrogen-bond donors (Lipinski definition) is 3. The van der Waals surface area contributed by atoms with Gasteiger partial charge in [0.2, 0.25) is 0 Å². The molecule has 2 aromatic carbocycles. The monoisotopic (exact) mass is 423 g/mol. The average molecular weight is 424 g/mol. The number of nitrogens with one attached hydrogen (secondary N) is 3. The summed E-state index contributed by atoms with van der Waals surface area (Å²) >= 11 is 0. The summed E-state index contributed by atoms with van der Waals surface area (Å²) in [6.45, 7) is 1.87. The molecule has 3 rings (SSSR count). The Morgan fingerprint density at radius 3 is 2.68 bits per heavy atom. The molecule has 0 saturated carbocycles. The smallest absolute Gasteiger partial charge is 0.330 e. The predicted molar refractivity (Wildman–Crippen MR) is 120 cm³/mol. The number of carbonyl (C=O) groups excluding carboxylic acids is 2. The molecule has 0 aromatic heterocycles. The van der Waals surface area contributed by atoms with Crippen LogP contribution in [-0.4, -0.2) is 38.4 Å². The van der Waals surface area contributed by atoms with E-state index in [-0.39, 0.29) is 12.1 Å². The molecule has 0 bridgehead atoms. The van der Waals surface area contributed by atoms with Crippen molar-refractivity contribution >= 4 is 23.3 Å². The minimum Gasteiger partial charge on any atom is -0.466 e. The maximum absolute atomic E-state index is 12.3. The first-order valence-electron chi connectivity index (χ1n) is 10.5. The molecular formula is C24H29N3O4. The van der Waals surface area contributed by atoms with E-state index < -0.39 is 5.97 Å². The number of para-hydroxylation sites is 1. The van der Waals surface area contributed by atoms with E-state index in [1.54, 1.807) is 0 Å². The topological polar surface area (TPSA) is 88.7 Å².